The largest absolute Gasteiger partial charge is 0.456 e. The summed E-state index contributed by atoms with van der Waals surface area (Å²) in [4.78, 5) is 2.46. The fourth-order valence-electron chi connectivity index (χ4n) is 7.75. The molecule has 0 amide bonds. The zero-order valence-electron chi connectivity index (χ0n) is 26.8. The molecule has 8 aromatic carbocycles. The number of nitrogens with zero attached hydrogens (tertiary/aromatic N) is 1. The van der Waals surface area contributed by atoms with Crippen molar-refractivity contribution in [3.05, 3.63) is 164 Å². The monoisotopic (exact) mass is 673 g/mol. The van der Waals surface area contributed by atoms with E-state index in [4.69, 9.17) is 4.42 Å². The first-order chi connectivity index (χ1) is 24.8. The highest BCUT2D eigenvalue weighted by atomic mass is 32.1. The summed E-state index contributed by atoms with van der Waals surface area (Å²) in [6.07, 6.45) is 0. The standard InChI is InChI=1S/C46H27NOS2/c1-2-10-28(11-3-1)31-20-21-40(36-26-37-32-12-4-7-15-41(32)48-42(37)27-35(31)36)47(29-18-22-45-38(24-29)33-13-5-8-16-43(33)49-45)30-19-23-46-39(25-30)34-14-6-9-17-44(34)50-46/h1-27H. The Balaban J connectivity index is 1.25. The van der Waals surface area contributed by atoms with Gasteiger partial charge in [0, 0.05) is 67.9 Å². The van der Waals surface area contributed by atoms with Gasteiger partial charge in [-0.2, -0.15) is 0 Å². The highest BCUT2D eigenvalue weighted by Crippen LogP contribution is 2.47. The first-order valence-corrected chi connectivity index (χ1v) is 18.5. The van der Waals surface area contributed by atoms with E-state index in [9.17, 15) is 0 Å². The normalized spacial score (nSPS) is 12.0. The third kappa shape index (κ3) is 4.19. The van der Waals surface area contributed by atoms with Crippen LogP contribution in [0.1, 0.15) is 0 Å². The summed E-state index contributed by atoms with van der Waals surface area (Å²) < 4.78 is 11.7. The molecule has 0 unspecified atom stereocenters. The topological polar surface area (TPSA) is 16.4 Å². The number of anilines is 3. The molecule has 50 heavy (non-hydrogen) atoms. The van der Waals surface area contributed by atoms with Crippen molar-refractivity contribution in [2.45, 2.75) is 0 Å². The molecule has 0 atom stereocenters. The van der Waals surface area contributed by atoms with Gasteiger partial charge in [-0.1, -0.05) is 91.0 Å². The first-order valence-electron chi connectivity index (χ1n) is 16.8. The minimum absolute atomic E-state index is 0.900. The van der Waals surface area contributed by atoms with Gasteiger partial charge in [0.05, 0.1) is 5.69 Å². The quantitative estimate of drug-likeness (QED) is 0.185. The van der Waals surface area contributed by atoms with Crippen molar-refractivity contribution in [3.63, 3.8) is 0 Å². The van der Waals surface area contributed by atoms with Crippen LogP contribution in [0.4, 0.5) is 17.1 Å². The second-order valence-corrected chi connectivity index (χ2v) is 15.1. The summed E-state index contributed by atoms with van der Waals surface area (Å²) in [5.74, 6) is 0. The second-order valence-electron chi connectivity index (χ2n) is 12.9. The zero-order valence-corrected chi connectivity index (χ0v) is 28.4. The molecule has 0 aliphatic heterocycles. The van der Waals surface area contributed by atoms with Crippen LogP contribution >= 0.6 is 22.7 Å². The van der Waals surface area contributed by atoms with Crippen molar-refractivity contribution in [2.75, 3.05) is 4.90 Å². The van der Waals surface area contributed by atoms with Crippen molar-refractivity contribution in [1.82, 2.24) is 0 Å². The van der Waals surface area contributed by atoms with Gasteiger partial charge in [0.2, 0.25) is 0 Å². The van der Waals surface area contributed by atoms with Gasteiger partial charge in [-0.15, -0.1) is 22.7 Å². The first kappa shape index (κ1) is 28.0. The fraction of sp³-hybridized carbons (Fsp3) is 0. The Bertz CT molecular complexity index is 3000. The van der Waals surface area contributed by atoms with E-state index in [0.29, 0.717) is 0 Å². The Morgan fingerprint density at radius 2 is 0.940 bits per heavy atom. The summed E-state index contributed by atoms with van der Waals surface area (Å²) in [6.45, 7) is 0. The lowest BCUT2D eigenvalue weighted by atomic mass is 9.94. The van der Waals surface area contributed by atoms with Crippen LogP contribution in [0.5, 0.6) is 0 Å². The number of para-hydroxylation sites is 1. The number of fused-ring (bicyclic) bond motifs is 10. The van der Waals surface area contributed by atoms with E-state index >= 15 is 0 Å². The molecule has 0 fully saturated rings. The maximum atomic E-state index is 6.47. The molecule has 0 saturated heterocycles. The van der Waals surface area contributed by atoms with E-state index in [0.717, 1.165) is 44.4 Å². The van der Waals surface area contributed by atoms with E-state index in [1.54, 1.807) is 0 Å². The predicted molar refractivity (Wildman–Crippen MR) is 217 cm³/mol. The molecule has 2 nitrogen and oxygen atoms in total. The molecule has 3 aromatic heterocycles. The summed E-state index contributed by atoms with van der Waals surface area (Å²) >= 11 is 3.71. The summed E-state index contributed by atoms with van der Waals surface area (Å²) in [6, 6.07) is 59.7. The molecular formula is C46H27NOS2. The third-order valence-electron chi connectivity index (χ3n) is 10.1. The van der Waals surface area contributed by atoms with E-state index in [1.165, 1.54) is 56.9 Å². The highest BCUT2D eigenvalue weighted by Gasteiger charge is 2.21. The molecule has 0 spiro atoms. The van der Waals surface area contributed by atoms with Gasteiger partial charge < -0.3 is 9.32 Å². The lowest BCUT2D eigenvalue weighted by Gasteiger charge is -2.28. The number of benzene rings is 8. The van der Waals surface area contributed by atoms with Crippen molar-refractivity contribution in [3.8, 4) is 11.1 Å². The molecule has 3 heterocycles. The average Bonchev–Trinajstić information content (AvgIpc) is 3.85. The number of thiophene rings is 2. The lowest BCUT2D eigenvalue weighted by molar-refractivity contribution is 0.669. The van der Waals surface area contributed by atoms with Crippen LogP contribution in [-0.2, 0) is 0 Å². The number of rotatable bonds is 4. The van der Waals surface area contributed by atoms with Gasteiger partial charge in [0.25, 0.3) is 0 Å². The predicted octanol–water partition coefficient (Wildman–Crippen LogP) is 14.6. The highest BCUT2D eigenvalue weighted by molar-refractivity contribution is 7.26. The van der Waals surface area contributed by atoms with Gasteiger partial charge in [0.1, 0.15) is 11.2 Å². The van der Waals surface area contributed by atoms with E-state index in [1.807, 2.05) is 28.7 Å². The Morgan fingerprint density at radius 1 is 0.360 bits per heavy atom. The van der Waals surface area contributed by atoms with Gasteiger partial charge in [-0.3, -0.25) is 0 Å². The van der Waals surface area contributed by atoms with Crippen molar-refractivity contribution < 1.29 is 4.42 Å². The summed E-state index contributed by atoms with van der Waals surface area (Å²) in [5, 5.41) is 9.74. The second kappa shape index (κ2) is 10.8. The Kier molecular flexibility index (Phi) is 6.03. The van der Waals surface area contributed by atoms with Gasteiger partial charge in [0.15, 0.2) is 0 Å². The number of hydrogen-bond acceptors (Lipinski definition) is 4. The van der Waals surface area contributed by atoms with Crippen LogP contribution in [0.15, 0.2) is 168 Å². The van der Waals surface area contributed by atoms with Gasteiger partial charge in [-0.05, 0) is 89.3 Å². The molecule has 0 aliphatic carbocycles. The van der Waals surface area contributed by atoms with Crippen molar-refractivity contribution >= 4 is 113 Å². The van der Waals surface area contributed by atoms with Crippen LogP contribution in [0.25, 0.3) is 84.2 Å². The lowest BCUT2D eigenvalue weighted by Crippen LogP contribution is -2.10. The molecule has 0 aliphatic rings. The van der Waals surface area contributed by atoms with E-state index < -0.39 is 0 Å². The Morgan fingerprint density at radius 3 is 1.62 bits per heavy atom. The molecule has 0 bridgehead atoms. The molecule has 0 N–H and O–H groups in total. The smallest absolute Gasteiger partial charge is 0.136 e. The summed E-state index contributed by atoms with van der Waals surface area (Å²) in [5.41, 5.74) is 7.56. The Labute approximate surface area is 295 Å². The molecule has 11 aromatic rings. The number of hydrogen-bond donors (Lipinski definition) is 0. The minimum atomic E-state index is 0.900. The maximum Gasteiger partial charge on any atom is 0.136 e. The van der Waals surface area contributed by atoms with Crippen LogP contribution in [0.2, 0.25) is 0 Å². The van der Waals surface area contributed by atoms with Crippen LogP contribution in [0, 0.1) is 0 Å². The molecule has 11 rings (SSSR count). The van der Waals surface area contributed by atoms with E-state index in [-0.39, 0.29) is 0 Å². The third-order valence-corrected chi connectivity index (χ3v) is 12.4. The molecule has 0 saturated carbocycles. The van der Waals surface area contributed by atoms with Crippen molar-refractivity contribution in [2.24, 2.45) is 0 Å². The molecule has 0 radical (unpaired) electrons. The molecule has 234 valence electrons. The molecular weight excluding hydrogens is 647 g/mol. The SMILES string of the molecule is c1ccc(-c2ccc(N(c3ccc4sc5ccccc5c4c3)c3ccc4sc5ccccc5c4c3)c3cc4c(cc23)oc2ccccc24)cc1. The summed E-state index contributed by atoms with van der Waals surface area (Å²) in [7, 11) is 0. The van der Waals surface area contributed by atoms with Crippen LogP contribution < -0.4 is 4.90 Å². The Hall–Kier alpha value is -5.94. The van der Waals surface area contributed by atoms with E-state index in [2.05, 4.69) is 163 Å². The van der Waals surface area contributed by atoms with Crippen molar-refractivity contribution in [1.29, 1.82) is 0 Å². The number of furan rings is 1. The average molecular weight is 674 g/mol. The minimum Gasteiger partial charge on any atom is -0.456 e. The zero-order chi connectivity index (χ0) is 32.8. The fourth-order valence-corrected chi connectivity index (χ4v) is 9.92. The van der Waals surface area contributed by atoms with Gasteiger partial charge in [-0.25, -0.2) is 0 Å². The van der Waals surface area contributed by atoms with Crippen LogP contribution in [0.3, 0.4) is 0 Å². The maximum absolute atomic E-state index is 6.47. The van der Waals surface area contributed by atoms with Gasteiger partial charge >= 0.3 is 0 Å². The molecule has 4 heteroatoms. The van der Waals surface area contributed by atoms with Crippen LogP contribution in [-0.4, -0.2) is 0 Å².